The van der Waals surface area contributed by atoms with Crippen LogP contribution in [0, 0.1) is 5.82 Å². The number of para-hydroxylation sites is 2. The van der Waals surface area contributed by atoms with Crippen LogP contribution in [0.3, 0.4) is 0 Å². The number of halogens is 1. The van der Waals surface area contributed by atoms with Gasteiger partial charge in [0.1, 0.15) is 11.6 Å². The molecule has 0 aliphatic heterocycles. The number of phenolic OH excluding ortho intramolecular Hbond substituents is 1. The maximum absolute atomic E-state index is 13.9. The van der Waals surface area contributed by atoms with Crippen LogP contribution in [0.25, 0.3) is 0 Å². The summed E-state index contributed by atoms with van der Waals surface area (Å²) in [5.41, 5.74) is 6.82. The zero-order chi connectivity index (χ0) is 15.4. The van der Waals surface area contributed by atoms with Gasteiger partial charge in [0, 0.05) is 12.6 Å². The number of amides is 1. The van der Waals surface area contributed by atoms with E-state index >= 15 is 0 Å². The van der Waals surface area contributed by atoms with E-state index in [1.165, 1.54) is 17.0 Å². The van der Waals surface area contributed by atoms with Crippen molar-refractivity contribution in [2.75, 3.05) is 17.2 Å². The number of nitrogens with two attached hydrogens (primary N) is 1. The number of benzene rings is 2. The summed E-state index contributed by atoms with van der Waals surface area (Å²) in [4.78, 5) is 14.0. The van der Waals surface area contributed by atoms with Crippen LogP contribution in [0.4, 0.5) is 15.8 Å². The van der Waals surface area contributed by atoms with Gasteiger partial charge in [0.2, 0.25) is 0 Å². The van der Waals surface area contributed by atoms with E-state index in [0.29, 0.717) is 24.3 Å². The smallest absolute Gasteiger partial charge is 0.261 e. The van der Waals surface area contributed by atoms with Gasteiger partial charge in [-0.2, -0.15) is 0 Å². The Morgan fingerprint density at radius 3 is 2.62 bits per heavy atom. The van der Waals surface area contributed by atoms with Crippen molar-refractivity contribution in [1.82, 2.24) is 0 Å². The molecule has 1 amide bonds. The lowest BCUT2D eigenvalue weighted by molar-refractivity contribution is 0.0983. The van der Waals surface area contributed by atoms with E-state index in [9.17, 15) is 14.3 Å². The Bertz CT molecular complexity index is 658. The molecular weight excluding hydrogens is 271 g/mol. The molecule has 21 heavy (non-hydrogen) atoms. The van der Waals surface area contributed by atoms with Crippen molar-refractivity contribution in [2.24, 2.45) is 0 Å². The Hall–Kier alpha value is -2.56. The van der Waals surface area contributed by atoms with Gasteiger partial charge in [-0.3, -0.25) is 4.79 Å². The first kappa shape index (κ1) is 14.8. The van der Waals surface area contributed by atoms with Gasteiger partial charge in [-0.05, 0) is 30.7 Å². The maximum atomic E-state index is 13.9. The molecule has 2 aromatic carbocycles. The first-order chi connectivity index (χ1) is 10.0. The van der Waals surface area contributed by atoms with Crippen LogP contribution < -0.4 is 10.6 Å². The van der Waals surface area contributed by atoms with Gasteiger partial charge in [-0.25, -0.2) is 4.39 Å². The number of carbonyl (C=O) groups excluding carboxylic acids is 1. The summed E-state index contributed by atoms with van der Waals surface area (Å²) in [6.07, 6.45) is 0.708. The van der Waals surface area contributed by atoms with Gasteiger partial charge in [0.05, 0.1) is 16.9 Å². The monoisotopic (exact) mass is 288 g/mol. The molecule has 110 valence electrons. The molecule has 2 aromatic rings. The Labute approximate surface area is 122 Å². The van der Waals surface area contributed by atoms with Crippen molar-refractivity contribution in [2.45, 2.75) is 13.3 Å². The van der Waals surface area contributed by atoms with Crippen LogP contribution in [-0.4, -0.2) is 17.6 Å². The minimum atomic E-state index is -0.754. The molecule has 4 nitrogen and oxygen atoms in total. The summed E-state index contributed by atoms with van der Waals surface area (Å²) < 4.78 is 13.9. The van der Waals surface area contributed by atoms with Crippen LogP contribution in [-0.2, 0) is 0 Å². The van der Waals surface area contributed by atoms with E-state index in [1.54, 1.807) is 24.3 Å². The lowest BCUT2D eigenvalue weighted by Gasteiger charge is -2.24. The zero-order valence-electron chi connectivity index (χ0n) is 11.7. The number of nitrogen functional groups attached to an aromatic ring is 1. The highest BCUT2D eigenvalue weighted by atomic mass is 19.1. The van der Waals surface area contributed by atoms with E-state index in [-0.39, 0.29) is 11.3 Å². The Kier molecular flexibility index (Phi) is 4.42. The third-order valence-electron chi connectivity index (χ3n) is 3.10. The minimum Gasteiger partial charge on any atom is -0.508 e. The second kappa shape index (κ2) is 6.26. The molecular formula is C16H17FN2O2. The van der Waals surface area contributed by atoms with Gasteiger partial charge in [-0.15, -0.1) is 0 Å². The molecule has 0 atom stereocenters. The molecule has 0 saturated heterocycles. The fourth-order valence-electron chi connectivity index (χ4n) is 2.11. The van der Waals surface area contributed by atoms with E-state index in [2.05, 4.69) is 0 Å². The SMILES string of the molecule is CCCN(C(=O)c1ccc(O)cc1F)c1ccccc1N. The highest BCUT2D eigenvalue weighted by molar-refractivity contribution is 6.07. The lowest BCUT2D eigenvalue weighted by atomic mass is 10.1. The summed E-state index contributed by atoms with van der Waals surface area (Å²) in [6, 6.07) is 10.4. The normalized spacial score (nSPS) is 10.4. The molecule has 0 spiro atoms. The van der Waals surface area contributed by atoms with Crippen molar-refractivity contribution in [1.29, 1.82) is 0 Å². The van der Waals surface area contributed by atoms with Crippen LogP contribution in [0.5, 0.6) is 5.75 Å². The Morgan fingerprint density at radius 2 is 2.00 bits per heavy atom. The summed E-state index contributed by atoms with van der Waals surface area (Å²) in [5, 5.41) is 9.24. The molecule has 0 radical (unpaired) electrons. The predicted molar refractivity (Wildman–Crippen MR) is 80.9 cm³/mol. The van der Waals surface area contributed by atoms with Crippen molar-refractivity contribution >= 4 is 17.3 Å². The summed E-state index contributed by atoms with van der Waals surface area (Å²) in [5.74, 6) is -1.45. The Balaban J connectivity index is 2.43. The molecule has 0 saturated carbocycles. The number of aromatic hydroxyl groups is 1. The van der Waals surface area contributed by atoms with Gasteiger partial charge in [-0.1, -0.05) is 19.1 Å². The van der Waals surface area contributed by atoms with Crippen molar-refractivity contribution in [3.05, 3.63) is 53.8 Å². The third-order valence-corrected chi connectivity index (χ3v) is 3.10. The average Bonchev–Trinajstić information content (AvgIpc) is 2.45. The standard InChI is InChI=1S/C16H17FN2O2/c1-2-9-19(15-6-4-3-5-14(15)18)16(21)12-8-7-11(20)10-13(12)17/h3-8,10,20H,2,9,18H2,1H3. The van der Waals surface area contributed by atoms with E-state index < -0.39 is 11.7 Å². The Morgan fingerprint density at radius 1 is 1.29 bits per heavy atom. The number of phenols is 1. The topological polar surface area (TPSA) is 66.6 Å². The molecule has 2 rings (SSSR count). The number of nitrogens with zero attached hydrogens (tertiary/aromatic N) is 1. The highest BCUT2D eigenvalue weighted by Crippen LogP contribution is 2.26. The molecule has 0 heterocycles. The average molecular weight is 288 g/mol. The van der Waals surface area contributed by atoms with E-state index in [1.807, 2.05) is 6.92 Å². The maximum Gasteiger partial charge on any atom is 0.261 e. The van der Waals surface area contributed by atoms with Crippen LogP contribution in [0.15, 0.2) is 42.5 Å². The largest absolute Gasteiger partial charge is 0.508 e. The van der Waals surface area contributed by atoms with Crippen LogP contribution in [0.1, 0.15) is 23.7 Å². The number of hydrogen-bond donors (Lipinski definition) is 2. The lowest BCUT2D eigenvalue weighted by Crippen LogP contribution is -2.32. The predicted octanol–water partition coefficient (Wildman–Crippen LogP) is 3.17. The quantitative estimate of drug-likeness (QED) is 0.849. The van der Waals surface area contributed by atoms with Crippen LogP contribution in [0.2, 0.25) is 0 Å². The van der Waals surface area contributed by atoms with Crippen molar-refractivity contribution < 1.29 is 14.3 Å². The first-order valence-corrected chi connectivity index (χ1v) is 6.69. The van der Waals surface area contributed by atoms with Crippen molar-refractivity contribution in [3.63, 3.8) is 0 Å². The minimum absolute atomic E-state index is 0.0931. The summed E-state index contributed by atoms with van der Waals surface area (Å²) in [7, 11) is 0. The molecule has 0 aliphatic rings. The van der Waals surface area contributed by atoms with E-state index in [0.717, 1.165) is 6.07 Å². The van der Waals surface area contributed by atoms with Crippen molar-refractivity contribution in [3.8, 4) is 5.75 Å². The molecule has 0 fully saturated rings. The zero-order valence-corrected chi connectivity index (χ0v) is 11.7. The molecule has 0 bridgehead atoms. The molecule has 0 unspecified atom stereocenters. The second-order valence-corrected chi connectivity index (χ2v) is 4.68. The number of carbonyl (C=O) groups is 1. The fraction of sp³-hybridized carbons (Fsp3) is 0.188. The van der Waals surface area contributed by atoms with Gasteiger partial charge in [0.15, 0.2) is 0 Å². The van der Waals surface area contributed by atoms with Crippen LogP contribution >= 0.6 is 0 Å². The van der Waals surface area contributed by atoms with Gasteiger partial charge in [0.25, 0.3) is 5.91 Å². The van der Waals surface area contributed by atoms with Gasteiger partial charge < -0.3 is 15.7 Å². The first-order valence-electron chi connectivity index (χ1n) is 6.69. The fourth-order valence-corrected chi connectivity index (χ4v) is 2.11. The molecule has 5 heteroatoms. The number of hydrogen-bond acceptors (Lipinski definition) is 3. The molecule has 0 aromatic heterocycles. The summed E-state index contributed by atoms with van der Waals surface area (Å²) in [6.45, 7) is 2.35. The molecule has 3 N–H and O–H groups in total. The van der Waals surface area contributed by atoms with Gasteiger partial charge >= 0.3 is 0 Å². The number of rotatable bonds is 4. The third kappa shape index (κ3) is 3.13. The summed E-state index contributed by atoms with van der Waals surface area (Å²) >= 11 is 0. The highest BCUT2D eigenvalue weighted by Gasteiger charge is 2.21. The second-order valence-electron chi connectivity index (χ2n) is 4.68. The molecule has 0 aliphatic carbocycles. The van der Waals surface area contributed by atoms with E-state index in [4.69, 9.17) is 5.73 Å². The number of anilines is 2.